The van der Waals surface area contributed by atoms with E-state index in [9.17, 15) is 4.79 Å². The number of carboxylic acids is 1. The Bertz CT molecular complexity index is 394. The maximum absolute atomic E-state index is 10.8. The number of carbonyl (C=O) groups is 1. The smallest absolute Gasteiger partial charge is 0.304 e. The van der Waals surface area contributed by atoms with Crippen LogP contribution < -0.4 is 0 Å². The molecule has 0 radical (unpaired) electrons. The zero-order chi connectivity index (χ0) is 12.3. The fourth-order valence-corrected chi connectivity index (χ4v) is 3.15. The number of rotatable bonds is 4. The van der Waals surface area contributed by atoms with E-state index in [-0.39, 0.29) is 12.5 Å². The monoisotopic (exact) mass is 255 g/mol. The third-order valence-electron chi connectivity index (χ3n) is 3.03. The molecule has 0 aromatic carbocycles. The van der Waals surface area contributed by atoms with Gasteiger partial charge in [0.25, 0.3) is 0 Å². The van der Waals surface area contributed by atoms with Crippen molar-refractivity contribution in [2.24, 2.45) is 7.05 Å². The number of carboxylic acid groups (broad SMARTS) is 1. The van der Waals surface area contributed by atoms with Crippen LogP contribution in [0.5, 0.6) is 0 Å². The van der Waals surface area contributed by atoms with Crippen molar-refractivity contribution < 1.29 is 9.90 Å². The van der Waals surface area contributed by atoms with Crippen molar-refractivity contribution in [2.75, 3.05) is 18.1 Å². The van der Waals surface area contributed by atoms with Crippen LogP contribution in [0.1, 0.15) is 12.2 Å². The quantitative estimate of drug-likeness (QED) is 0.863. The molecule has 17 heavy (non-hydrogen) atoms. The molecule has 5 nitrogen and oxygen atoms in total. The first-order valence-corrected chi connectivity index (χ1v) is 6.82. The number of nitrogens with zero attached hydrogens (tertiary/aromatic N) is 3. The molecule has 1 N–H and O–H groups in total. The lowest BCUT2D eigenvalue weighted by atomic mass is 10.2. The van der Waals surface area contributed by atoms with Crippen LogP contribution in [-0.2, 0) is 18.4 Å². The van der Waals surface area contributed by atoms with Gasteiger partial charge < -0.3 is 9.67 Å². The molecule has 94 valence electrons. The van der Waals surface area contributed by atoms with Gasteiger partial charge in [-0.1, -0.05) is 0 Å². The number of hydrogen-bond acceptors (Lipinski definition) is 4. The van der Waals surface area contributed by atoms with E-state index in [1.54, 1.807) is 6.20 Å². The van der Waals surface area contributed by atoms with Crippen molar-refractivity contribution in [2.45, 2.75) is 19.0 Å². The Labute approximate surface area is 105 Å². The van der Waals surface area contributed by atoms with Crippen molar-refractivity contribution in [3.8, 4) is 0 Å². The van der Waals surface area contributed by atoms with Crippen molar-refractivity contribution in [3.05, 3.63) is 18.2 Å². The molecule has 1 aromatic heterocycles. The third-order valence-corrected chi connectivity index (χ3v) is 4.12. The molecule has 1 fully saturated rings. The van der Waals surface area contributed by atoms with Gasteiger partial charge in [0, 0.05) is 43.5 Å². The first-order chi connectivity index (χ1) is 8.16. The Morgan fingerprint density at radius 2 is 2.53 bits per heavy atom. The van der Waals surface area contributed by atoms with Gasteiger partial charge in [-0.3, -0.25) is 9.69 Å². The molecule has 6 heteroatoms. The highest BCUT2D eigenvalue weighted by atomic mass is 32.2. The zero-order valence-electron chi connectivity index (χ0n) is 9.87. The lowest BCUT2D eigenvalue weighted by Crippen LogP contribution is -2.43. The van der Waals surface area contributed by atoms with E-state index in [0.717, 1.165) is 30.4 Å². The van der Waals surface area contributed by atoms with Gasteiger partial charge in [0.05, 0.1) is 13.0 Å². The number of imidazole rings is 1. The van der Waals surface area contributed by atoms with Crippen LogP contribution in [0.4, 0.5) is 0 Å². The number of hydrogen-bond donors (Lipinski definition) is 1. The molecule has 1 aliphatic rings. The average molecular weight is 255 g/mol. The van der Waals surface area contributed by atoms with Crippen LogP contribution in [0.25, 0.3) is 0 Å². The molecule has 0 amide bonds. The first-order valence-electron chi connectivity index (χ1n) is 5.66. The zero-order valence-corrected chi connectivity index (χ0v) is 10.7. The summed E-state index contributed by atoms with van der Waals surface area (Å²) in [5.41, 5.74) is 0. The molecular weight excluding hydrogens is 238 g/mol. The highest BCUT2D eigenvalue weighted by Gasteiger charge is 2.25. The SMILES string of the molecule is Cn1ccnc1CN1CCSCC1CC(=O)O. The minimum Gasteiger partial charge on any atom is -0.481 e. The maximum atomic E-state index is 10.8. The predicted molar refractivity (Wildman–Crippen MR) is 67.0 cm³/mol. The Hall–Kier alpha value is -1.01. The Balaban J connectivity index is 2.01. The fraction of sp³-hybridized carbons (Fsp3) is 0.636. The van der Waals surface area contributed by atoms with Gasteiger partial charge in [-0.25, -0.2) is 4.98 Å². The molecule has 2 rings (SSSR count). The van der Waals surface area contributed by atoms with Gasteiger partial charge in [-0.15, -0.1) is 0 Å². The summed E-state index contributed by atoms with van der Waals surface area (Å²) in [7, 11) is 1.97. The maximum Gasteiger partial charge on any atom is 0.304 e. The van der Waals surface area contributed by atoms with Crippen molar-refractivity contribution in [1.82, 2.24) is 14.5 Å². The molecule has 0 saturated carbocycles. The number of aryl methyl sites for hydroxylation is 1. The summed E-state index contributed by atoms with van der Waals surface area (Å²) in [4.78, 5) is 17.3. The Morgan fingerprint density at radius 3 is 3.18 bits per heavy atom. The van der Waals surface area contributed by atoms with Gasteiger partial charge in [-0.2, -0.15) is 11.8 Å². The van der Waals surface area contributed by atoms with E-state index >= 15 is 0 Å². The van der Waals surface area contributed by atoms with Crippen LogP contribution in [0, 0.1) is 0 Å². The van der Waals surface area contributed by atoms with Crippen LogP contribution in [-0.4, -0.2) is 49.6 Å². The van der Waals surface area contributed by atoms with Crippen molar-refractivity contribution >= 4 is 17.7 Å². The molecule has 1 saturated heterocycles. The normalized spacial score (nSPS) is 21.6. The summed E-state index contributed by atoms with van der Waals surface area (Å²) in [6.45, 7) is 1.68. The summed E-state index contributed by atoms with van der Waals surface area (Å²) in [5.74, 6) is 2.24. The molecule has 1 aromatic rings. The molecular formula is C11H17N3O2S. The topological polar surface area (TPSA) is 58.4 Å². The Morgan fingerprint density at radius 1 is 1.71 bits per heavy atom. The molecule has 1 aliphatic heterocycles. The van der Waals surface area contributed by atoms with E-state index in [0.29, 0.717) is 0 Å². The molecule has 2 heterocycles. The lowest BCUT2D eigenvalue weighted by Gasteiger charge is -2.34. The number of aromatic nitrogens is 2. The highest BCUT2D eigenvalue weighted by Crippen LogP contribution is 2.20. The van der Waals surface area contributed by atoms with E-state index in [4.69, 9.17) is 5.11 Å². The van der Waals surface area contributed by atoms with Crippen LogP contribution in [0.15, 0.2) is 12.4 Å². The van der Waals surface area contributed by atoms with Gasteiger partial charge in [0.15, 0.2) is 0 Å². The molecule has 0 spiro atoms. The lowest BCUT2D eigenvalue weighted by molar-refractivity contribution is -0.138. The minimum atomic E-state index is -0.720. The number of aliphatic carboxylic acids is 1. The van der Waals surface area contributed by atoms with Gasteiger partial charge in [-0.05, 0) is 0 Å². The van der Waals surface area contributed by atoms with Gasteiger partial charge in [0.2, 0.25) is 0 Å². The third kappa shape index (κ3) is 3.23. The minimum absolute atomic E-state index is 0.128. The van der Waals surface area contributed by atoms with Crippen LogP contribution in [0.2, 0.25) is 0 Å². The summed E-state index contributed by atoms with van der Waals surface area (Å²) >= 11 is 1.83. The molecule has 0 aliphatic carbocycles. The van der Waals surface area contributed by atoms with E-state index in [1.807, 2.05) is 29.6 Å². The fourth-order valence-electron chi connectivity index (χ4n) is 2.02. The van der Waals surface area contributed by atoms with Gasteiger partial charge >= 0.3 is 5.97 Å². The highest BCUT2D eigenvalue weighted by molar-refractivity contribution is 7.99. The second-order valence-electron chi connectivity index (χ2n) is 4.25. The second-order valence-corrected chi connectivity index (χ2v) is 5.40. The molecule has 0 bridgehead atoms. The second kappa shape index (κ2) is 5.55. The van der Waals surface area contributed by atoms with Crippen LogP contribution >= 0.6 is 11.8 Å². The predicted octanol–water partition coefficient (Wildman–Crippen LogP) is 0.812. The molecule has 1 unspecified atom stereocenters. The van der Waals surface area contributed by atoms with Crippen molar-refractivity contribution in [1.29, 1.82) is 0 Å². The molecule has 1 atom stereocenters. The van der Waals surface area contributed by atoms with Crippen molar-refractivity contribution in [3.63, 3.8) is 0 Å². The summed E-state index contributed by atoms with van der Waals surface area (Å²) in [6.07, 6.45) is 3.91. The van der Waals surface area contributed by atoms with Gasteiger partial charge in [0.1, 0.15) is 5.82 Å². The summed E-state index contributed by atoms with van der Waals surface area (Å²) < 4.78 is 1.99. The standard InChI is InChI=1S/C11H17N3O2S/c1-13-3-2-12-10(13)7-14-4-5-17-8-9(14)6-11(15)16/h2-3,9H,4-8H2,1H3,(H,15,16). The van der Waals surface area contributed by atoms with Crippen LogP contribution in [0.3, 0.4) is 0 Å². The van der Waals surface area contributed by atoms with E-state index in [2.05, 4.69) is 9.88 Å². The largest absolute Gasteiger partial charge is 0.481 e. The first kappa shape index (κ1) is 12.4. The summed E-state index contributed by atoms with van der Waals surface area (Å²) in [6, 6.07) is 0.128. The van der Waals surface area contributed by atoms with E-state index < -0.39 is 5.97 Å². The summed E-state index contributed by atoms with van der Waals surface area (Å²) in [5, 5.41) is 8.91. The van der Waals surface area contributed by atoms with E-state index in [1.165, 1.54) is 0 Å². The number of thioether (sulfide) groups is 1. The Kier molecular flexibility index (Phi) is 4.06. The average Bonchev–Trinajstić information content (AvgIpc) is 2.67.